The van der Waals surface area contributed by atoms with Gasteiger partial charge in [0.15, 0.2) is 5.76 Å². The number of furan rings is 1. The van der Waals surface area contributed by atoms with Crippen LogP contribution in [-0.2, 0) is 4.79 Å². The Bertz CT molecular complexity index is 1190. The molecule has 2 amide bonds. The van der Waals surface area contributed by atoms with Crippen LogP contribution in [0.15, 0.2) is 71.1 Å². The Morgan fingerprint density at radius 2 is 1.69 bits per heavy atom. The molecule has 1 unspecified atom stereocenters. The Morgan fingerprint density at radius 3 is 2.37 bits per heavy atom. The average Bonchev–Trinajstić information content (AvgIpc) is 3.64. The number of carbonyl (C=O) groups excluding carboxylic acids is 2. The van der Waals surface area contributed by atoms with Crippen LogP contribution in [0.1, 0.15) is 65.1 Å². The molecular weight excluding hydrogens is 445 g/mol. The van der Waals surface area contributed by atoms with E-state index in [2.05, 4.69) is 12.1 Å². The minimum Gasteiger partial charge on any atom is -0.454 e. The van der Waals surface area contributed by atoms with E-state index in [0.29, 0.717) is 31.8 Å². The van der Waals surface area contributed by atoms with Crippen LogP contribution in [0.5, 0.6) is 0 Å². The topological polar surface area (TPSA) is 79.8 Å². The van der Waals surface area contributed by atoms with E-state index in [0.717, 1.165) is 12.0 Å². The number of nitrogens with two attached hydrogens (primary N) is 1. The van der Waals surface area contributed by atoms with Crippen molar-refractivity contribution in [1.29, 1.82) is 0 Å². The highest BCUT2D eigenvalue weighted by Crippen LogP contribution is 2.36. The van der Waals surface area contributed by atoms with Crippen molar-refractivity contribution in [3.63, 3.8) is 0 Å². The summed E-state index contributed by atoms with van der Waals surface area (Å²) in [6.45, 7) is 3.45. The van der Waals surface area contributed by atoms with Gasteiger partial charge in [0.25, 0.3) is 5.91 Å². The summed E-state index contributed by atoms with van der Waals surface area (Å²) in [5.41, 5.74) is 8.04. The summed E-state index contributed by atoms with van der Waals surface area (Å²) in [5, 5.41) is 0. The highest BCUT2D eigenvalue weighted by molar-refractivity contribution is 5.96. The molecule has 2 aromatic carbocycles. The van der Waals surface area contributed by atoms with Gasteiger partial charge in [-0.1, -0.05) is 42.5 Å². The van der Waals surface area contributed by atoms with Gasteiger partial charge in [-0.05, 0) is 55.2 Å². The first kappa shape index (κ1) is 23.3. The number of likely N-dealkylation sites (tertiary alicyclic amines) is 2. The minimum atomic E-state index is -0.601. The number of rotatable bonds is 5. The molecule has 0 bridgehead atoms. The fraction of sp³-hybridized carbons (Fsp3) is 0.357. The van der Waals surface area contributed by atoms with Crippen molar-refractivity contribution in [3.05, 3.63) is 95.2 Å². The van der Waals surface area contributed by atoms with Crippen LogP contribution in [0.4, 0.5) is 4.39 Å². The third kappa shape index (κ3) is 4.73. The van der Waals surface area contributed by atoms with Crippen LogP contribution in [0.2, 0.25) is 0 Å². The molecule has 1 aromatic heterocycles. The largest absolute Gasteiger partial charge is 0.454 e. The standard InChI is InChI=1S/C28H30FN3O3/c1-18(30)25-11-12-26(35-25)28(34)32-17-22(20-7-9-23(29)10-8-20)15-24(32)27(33)31-14-13-21(16-31)19-5-3-2-4-6-19/h2-12,18,21-22,24H,13-17,30H2,1H3/t18-,21-,22-,24?/m0/s1. The van der Waals surface area contributed by atoms with Crippen LogP contribution < -0.4 is 5.73 Å². The summed E-state index contributed by atoms with van der Waals surface area (Å²) in [5.74, 6) is 0.254. The van der Waals surface area contributed by atoms with Crippen molar-refractivity contribution in [2.24, 2.45) is 5.73 Å². The summed E-state index contributed by atoms with van der Waals surface area (Å²) in [6, 6.07) is 18.9. The molecular formula is C28H30FN3O3. The zero-order valence-electron chi connectivity index (χ0n) is 19.8. The second-order valence-corrected chi connectivity index (χ2v) is 9.63. The van der Waals surface area contributed by atoms with Crippen LogP contribution in [0, 0.1) is 5.82 Å². The second-order valence-electron chi connectivity index (χ2n) is 9.63. The van der Waals surface area contributed by atoms with Crippen molar-refractivity contribution < 1.29 is 18.4 Å². The van der Waals surface area contributed by atoms with E-state index in [9.17, 15) is 14.0 Å². The molecule has 2 aliphatic rings. The highest BCUT2D eigenvalue weighted by Gasteiger charge is 2.44. The lowest BCUT2D eigenvalue weighted by atomic mass is 9.96. The first-order chi connectivity index (χ1) is 16.9. The van der Waals surface area contributed by atoms with Crippen molar-refractivity contribution in [2.75, 3.05) is 19.6 Å². The van der Waals surface area contributed by atoms with Crippen LogP contribution in [0.3, 0.4) is 0 Å². The summed E-state index contributed by atoms with van der Waals surface area (Å²) in [4.78, 5) is 30.7. The molecule has 4 atom stereocenters. The second kappa shape index (κ2) is 9.66. The molecule has 2 fully saturated rings. The summed E-state index contributed by atoms with van der Waals surface area (Å²) >= 11 is 0. The number of hydrogen-bond acceptors (Lipinski definition) is 4. The maximum atomic E-state index is 13.7. The lowest BCUT2D eigenvalue weighted by Crippen LogP contribution is -2.47. The molecule has 3 aromatic rings. The molecule has 0 saturated carbocycles. The van der Waals surface area contributed by atoms with E-state index in [1.807, 2.05) is 23.1 Å². The van der Waals surface area contributed by atoms with Crippen molar-refractivity contribution in [2.45, 2.75) is 43.7 Å². The van der Waals surface area contributed by atoms with Crippen molar-refractivity contribution >= 4 is 11.8 Å². The summed E-state index contributed by atoms with van der Waals surface area (Å²) in [6.07, 6.45) is 1.39. The molecule has 0 spiro atoms. The molecule has 7 heteroatoms. The first-order valence-electron chi connectivity index (χ1n) is 12.2. The number of halogens is 1. The molecule has 5 rings (SSSR count). The van der Waals surface area contributed by atoms with E-state index in [4.69, 9.17) is 10.2 Å². The van der Waals surface area contributed by atoms with Gasteiger partial charge >= 0.3 is 0 Å². The van der Waals surface area contributed by atoms with E-state index < -0.39 is 6.04 Å². The Labute approximate surface area is 204 Å². The fourth-order valence-electron chi connectivity index (χ4n) is 5.29. The predicted octanol–water partition coefficient (Wildman–Crippen LogP) is 4.45. The third-order valence-corrected chi connectivity index (χ3v) is 7.25. The van der Waals surface area contributed by atoms with Gasteiger partial charge in [0, 0.05) is 31.5 Å². The van der Waals surface area contributed by atoms with Crippen LogP contribution >= 0.6 is 0 Å². The predicted molar refractivity (Wildman–Crippen MR) is 130 cm³/mol. The Hall–Kier alpha value is -3.45. The average molecular weight is 476 g/mol. The van der Waals surface area contributed by atoms with E-state index in [-0.39, 0.29) is 41.3 Å². The SMILES string of the molecule is C[C@H](N)c1ccc(C(=O)N2C[C@@H](c3ccc(F)cc3)CC2C(=O)N2CC[C@H](c3ccccc3)C2)o1. The Balaban J connectivity index is 1.38. The van der Waals surface area contributed by atoms with E-state index >= 15 is 0 Å². The Kier molecular flexibility index (Phi) is 6.43. The van der Waals surface area contributed by atoms with Crippen molar-refractivity contribution in [3.8, 4) is 0 Å². The summed E-state index contributed by atoms with van der Waals surface area (Å²) < 4.78 is 19.2. The number of nitrogens with zero attached hydrogens (tertiary/aromatic N) is 2. The molecule has 3 heterocycles. The normalized spacial score (nSPS) is 23.0. The number of benzene rings is 2. The van der Waals surface area contributed by atoms with Crippen molar-refractivity contribution in [1.82, 2.24) is 9.80 Å². The number of amides is 2. The molecule has 0 aliphatic carbocycles. The fourth-order valence-corrected chi connectivity index (χ4v) is 5.29. The minimum absolute atomic E-state index is 0.0413. The first-order valence-corrected chi connectivity index (χ1v) is 12.2. The lowest BCUT2D eigenvalue weighted by molar-refractivity contribution is -0.134. The summed E-state index contributed by atoms with van der Waals surface area (Å²) in [7, 11) is 0. The molecule has 2 saturated heterocycles. The van der Waals surface area contributed by atoms with Gasteiger partial charge in [0.05, 0.1) is 6.04 Å². The molecule has 35 heavy (non-hydrogen) atoms. The van der Waals surface area contributed by atoms with Gasteiger partial charge in [-0.2, -0.15) is 0 Å². The lowest BCUT2D eigenvalue weighted by Gasteiger charge is -2.27. The molecule has 6 nitrogen and oxygen atoms in total. The number of hydrogen-bond donors (Lipinski definition) is 1. The number of carbonyl (C=O) groups is 2. The van der Waals surface area contributed by atoms with Crippen LogP contribution in [0.25, 0.3) is 0 Å². The molecule has 2 aliphatic heterocycles. The van der Waals surface area contributed by atoms with E-state index in [1.165, 1.54) is 17.7 Å². The smallest absolute Gasteiger partial charge is 0.290 e. The zero-order chi connectivity index (χ0) is 24.5. The Morgan fingerprint density at radius 1 is 0.971 bits per heavy atom. The maximum absolute atomic E-state index is 13.7. The maximum Gasteiger partial charge on any atom is 0.290 e. The third-order valence-electron chi connectivity index (χ3n) is 7.25. The van der Waals surface area contributed by atoms with E-state index in [1.54, 1.807) is 36.1 Å². The van der Waals surface area contributed by atoms with Gasteiger partial charge in [-0.15, -0.1) is 0 Å². The van der Waals surface area contributed by atoms with Crippen LogP contribution in [-0.4, -0.2) is 47.3 Å². The van der Waals surface area contributed by atoms with Gasteiger partial charge in [-0.25, -0.2) is 4.39 Å². The van der Waals surface area contributed by atoms with Gasteiger partial charge in [0.1, 0.15) is 17.6 Å². The zero-order valence-corrected chi connectivity index (χ0v) is 19.8. The van der Waals surface area contributed by atoms with Gasteiger partial charge in [0.2, 0.25) is 5.91 Å². The highest BCUT2D eigenvalue weighted by atomic mass is 19.1. The quantitative estimate of drug-likeness (QED) is 0.591. The molecule has 182 valence electrons. The monoisotopic (exact) mass is 475 g/mol. The molecule has 0 radical (unpaired) electrons. The van der Waals surface area contributed by atoms with Gasteiger partial charge in [-0.3, -0.25) is 9.59 Å². The van der Waals surface area contributed by atoms with Gasteiger partial charge < -0.3 is 20.0 Å². The molecule has 2 N–H and O–H groups in total.